The van der Waals surface area contributed by atoms with E-state index in [1.807, 2.05) is 6.92 Å². The molecule has 1 saturated carbocycles. The third kappa shape index (κ3) is 2.32. The van der Waals surface area contributed by atoms with Crippen LogP contribution in [0.15, 0.2) is 12.2 Å². The maximum Gasteiger partial charge on any atom is 0.165 e. The molecule has 1 aliphatic carbocycles. The minimum atomic E-state index is -0.282. The Hall–Kier alpha value is -0.340. The first-order valence-corrected chi connectivity index (χ1v) is 5.15. The van der Waals surface area contributed by atoms with E-state index in [1.54, 1.807) is 0 Å². The maximum atomic E-state index is 5.52. The van der Waals surface area contributed by atoms with Crippen LogP contribution in [-0.4, -0.2) is 19.0 Å². The molecule has 1 unspecified atom stereocenters. The van der Waals surface area contributed by atoms with Gasteiger partial charge in [0.15, 0.2) is 5.79 Å². The Labute approximate surface area is 79.9 Å². The average molecular weight is 182 g/mol. The standard InChI is InChI=1S/C11H18O2/c1-9-8-10(9)4-3-5-11(2)12-6-7-13-11/h10H,1,3-8H2,2H3. The molecule has 1 heterocycles. The summed E-state index contributed by atoms with van der Waals surface area (Å²) in [5, 5.41) is 0. The van der Waals surface area contributed by atoms with Gasteiger partial charge in [0.2, 0.25) is 0 Å². The molecular weight excluding hydrogens is 164 g/mol. The Morgan fingerprint density at radius 3 is 2.62 bits per heavy atom. The van der Waals surface area contributed by atoms with Crippen LogP contribution in [-0.2, 0) is 9.47 Å². The molecule has 2 aliphatic rings. The predicted octanol–water partition coefficient (Wildman–Crippen LogP) is 2.50. The van der Waals surface area contributed by atoms with Gasteiger partial charge in [0.25, 0.3) is 0 Å². The molecule has 0 aromatic carbocycles. The third-order valence-electron chi connectivity index (χ3n) is 3.01. The van der Waals surface area contributed by atoms with Gasteiger partial charge in [-0.25, -0.2) is 0 Å². The van der Waals surface area contributed by atoms with Crippen LogP contribution in [0.1, 0.15) is 32.6 Å². The van der Waals surface area contributed by atoms with Crippen molar-refractivity contribution >= 4 is 0 Å². The molecule has 13 heavy (non-hydrogen) atoms. The van der Waals surface area contributed by atoms with Crippen LogP contribution in [0.3, 0.4) is 0 Å². The molecule has 0 spiro atoms. The zero-order valence-corrected chi connectivity index (χ0v) is 8.34. The topological polar surface area (TPSA) is 18.5 Å². The summed E-state index contributed by atoms with van der Waals surface area (Å²) in [6.07, 6.45) is 4.73. The largest absolute Gasteiger partial charge is 0.348 e. The summed E-state index contributed by atoms with van der Waals surface area (Å²) in [4.78, 5) is 0. The van der Waals surface area contributed by atoms with Crippen LogP contribution in [0.2, 0.25) is 0 Å². The van der Waals surface area contributed by atoms with E-state index >= 15 is 0 Å². The molecule has 0 radical (unpaired) electrons. The summed E-state index contributed by atoms with van der Waals surface area (Å²) < 4.78 is 11.0. The Bertz CT molecular complexity index is 204. The summed E-state index contributed by atoms with van der Waals surface area (Å²) in [6.45, 7) is 7.51. The fourth-order valence-corrected chi connectivity index (χ4v) is 1.93. The van der Waals surface area contributed by atoms with Gasteiger partial charge in [-0.2, -0.15) is 0 Å². The maximum absolute atomic E-state index is 5.52. The monoisotopic (exact) mass is 182 g/mol. The summed E-state index contributed by atoms with van der Waals surface area (Å²) in [7, 11) is 0. The zero-order valence-electron chi connectivity index (χ0n) is 8.34. The SMILES string of the molecule is C=C1CC1CCCC1(C)OCCO1. The van der Waals surface area contributed by atoms with E-state index in [0.717, 1.165) is 25.6 Å². The molecule has 2 nitrogen and oxygen atoms in total. The van der Waals surface area contributed by atoms with Gasteiger partial charge in [-0.3, -0.25) is 0 Å². The van der Waals surface area contributed by atoms with Crippen molar-refractivity contribution in [1.29, 1.82) is 0 Å². The van der Waals surface area contributed by atoms with Crippen LogP contribution >= 0.6 is 0 Å². The molecule has 0 aromatic rings. The molecule has 0 bridgehead atoms. The summed E-state index contributed by atoms with van der Waals surface area (Å²) in [6, 6.07) is 0. The quantitative estimate of drug-likeness (QED) is 0.622. The van der Waals surface area contributed by atoms with E-state index in [2.05, 4.69) is 6.58 Å². The van der Waals surface area contributed by atoms with Crippen LogP contribution in [0.4, 0.5) is 0 Å². The lowest BCUT2D eigenvalue weighted by Gasteiger charge is -2.21. The highest BCUT2D eigenvalue weighted by Gasteiger charge is 2.32. The van der Waals surface area contributed by atoms with Crippen molar-refractivity contribution in [1.82, 2.24) is 0 Å². The Morgan fingerprint density at radius 1 is 1.46 bits per heavy atom. The van der Waals surface area contributed by atoms with Crippen molar-refractivity contribution in [2.24, 2.45) is 5.92 Å². The third-order valence-corrected chi connectivity index (χ3v) is 3.01. The minimum absolute atomic E-state index is 0.282. The van der Waals surface area contributed by atoms with Crippen LogP contribution in [0.25, 0.3) is 0 Å². The van der Waals surface area contributed by atoms with Crippen molar-refractivity contribution in [3.8, 4) is 0 Å². The second-order valence-corrected chi connectivity index (χ2v) is 4.28. The Morgan fingerprint density at radius 2 is 2.08 bits per heavy atom. The van der Waals surface area contributed by atoms with Gasteiger partial charge < -0.3 is 9.47 Å². The van der Waals surface area contributed by atoms with Crippen LogP contribution in [0, 0.1) is 5.92 Å². The predicted molar refractivity (Wildman–Crippen MR) is 51.4 cm³/mol. The molecule has 1 atom stereocenters. The van der Waals surface area contributed by atoms with Gasteiger partial charge in [0.05, 0.1) is 13.2 Å². The normalized spacial score (nSPS) is 30.8. The van der Waals surface area contributed by atoms with Gasteiger partial charge >= 0.3 is 0 Å². The van der Waals surface area contributed by atoms with Crippen molar-refractivity contribution in [2.45, 2.75) is 38.4 Å². The van der Waals surface area contributed by atoms with Gasteiger partial charge in [-0.15, -0.1) is 0 Å². The highest BCUT2D eigenvalue weighted by Crippen LogP contribution is 2.40. The van der Waals surface area contributed by atoms with Gasteiger partial charge in [-0.05, 0) is 32.1 Å². The summed E-state index contributed by atoms with van der Waals surface area (Å²) in [5.41, 5.74) is 1.43. The lowest BCUT2D eigenvalue weighted by atomic mass is 10.1. The lowest BCUT2D eigenvalue weighted by Crippen LogP contribution is -2.25. The average Bonchev–Trinajstić information content (AvgIpc) is 2.62. The number of rotatable bonds is 4. The number of ether oxygens (including phenoxy) is 2. The molecule has 1 aliphatic heterocycles. The molecule has 2 rings (SSSR count). The van der Waals surface area contributed by atoms with Crippen LogP contribution < -0.4 is 0 Å². The molecule has 0 aromatic heterocycles. The molecule has 1 saturated heterocycles. The highest BCUT2D eigenvalue weighted by molar-refractivity contribution is 5.18. The molecular formula is C11H18O2. The van der Waals surface area contributed by atoms with Crippen molar-refractivity contribution in [2.75, 3.05) is 13.2 Å². The van der Waals surface area contributed by atoms with Crippen LogP contribution in [0.5, 0.6) is 0 Å². The minimum Gasteiger partial charge on any atom is -0.348 e. The van der Waals surface area contributed by atoms with E-state index < -0.39 is 0 Å². The first kappa shape index (κ1) is 9.22. The van der Waals surface area contributed by atoms with E-state index in [1.165, 1.54) is 24.8 Å². The first-order chi connectivity index (χ1) is 6.20. The molecule has 2 fully saturated rings. The number of hydrogen-bond donors (Lipinski definition) is 0. The molecule has 74 valence electrons. The van der Waals surface area contributed by atoms with E-state index in [9.17, 15) is 0 Å². The fourth-order valence-electron chi connectivity index (χ4n) is 1.93. The molecule has 0 N–H and O–H groups in total. The van der Waals surface area contributed by atoms with Crippen molar-refractivity contribution < 1.29 is 9.47 Å². The fraction of sp³-hybridized carbons (Fsp3) is 0.818. The Balaban J connectivity index is 1.64. The summed E-state index contributed by atoms with van der Waals surface area (Å²) >= 11 is 0. The number of allylic oxidation sites excluding steroid dienone is 1. The first-order valence-electron chi connectivity index (χ1n) is 5.15. The molecule has 0 amide bonds. The van der Waals surface area contributed by atoms with E-state index in [0.29, 0.717) is 0 Å². The lowest BCUT2D eigenvalue weighted by molar-refractivity contribution is -0.147. The smallest absolute Gasteiger partial charge is 0.165 e. The van der Waals surface area contributed by atoms with Gasteiger partial charge in [0, 0.05) is 6.42 Å². The number of hydrogen-bond acceptors (Lipinski definition) is 2. The van der Waals surface area contributed by atoms with Crippen molar-refractivity contribution in [3.63, 3.8) is 0 Å². The van der Waals surface area contributed by atoms with E-state index in [-0.39, 0.29) is 5.79 Å². The van der Waals surface area contributed by atoms with Gasteiger partial charge in [0.1, 0.15) is 0 Å². The molecule has 2 heteroatoms. The van der Waals surface area contributed by atoms with Crippen molar-refractivity contribution in [3.05, 3.63) is 12.2 Å². The summed E-state index contributed by atoms with van der Waals surface area (Å²) in [5.74, 6) is 0.529. The second kappa shape index (κ2) is 3.43. The Kier molecular flexibility index (Phi) is 2.43. The zero-order chi connectivity index (χ0) is 9.31. The van der Waals surface area contributed by atoms with Gasteiger partial charge in [-0.1, -0.05) is 12.2 Å². The van der Waals surface area contributed by atoms with E-state index in [4.69, 9.17) is 9.47 Å². The highest BCUT2D eigenvalue weighted by atomic mass is 16.7. The second-order valence-electron chi connectivity index (χ2n) is 4.28.